The van der Waals surface area contributed by atoms with E-state index in [-0.39, 0.29) is 43.0 Å². The minimum atomic E-state index is -0.798. The maximum atomic E-state index is 13.9. The first-order valence-electron chi connectivity index (χ1n) is 21.6. The largest absolute Gasteiger partial charge is 0.463 e. The molecule has 1 aliphatic rings. The van der Waals surface area contributed by atoms with E-state index in [0.717, 1.165) is 103 Å². The average molecular weight is 724 g/mol. The fourth-order valence-corrected chi connectivity index (χ4v) is 7.04. The highest BCUT2D eigenvalue weighted by Crippen LogP contribution is 2.29. The van der Waals surface area contributed by atoms with Gasteiger partial charge in [0.15, 0.2) is 12.2 Å². The lowest BCUT2D eigenvalue weighted by molar-refractivity contribution is -0.173. The molecule has 1 heterocycles. The summed E-state index contributed by atoms with van der Waals surface area (Å²) in [4.78, 5) is 42.3. The molecular formula is C43H81NO7. The summed E-state index contributed by atoms with van der Waals surface area (Å²) in [5.74, 6) is -1.11. The molecule has 0 aromatic carbocycles. The monoisotopic (exact) mass is 724 g/mol. The highest BCUT2D eigenvalue weighted by atomic mass is 16.6. The summed E-state index contributed by atoms with van der Waals surface area (Å²) in [6.45, 7) is 9.75. The predicted octanol–water partition coefficient (Wildman–Crippen LogP) is 10.8. The van der Waals surface area contributed by atoms with Gasteiger partial charge in [0, 0.05) is 6.42 Å². The molecule has 0 aliphatic carbocycles. The van der Waals surface area contributed by atoms with Crippen LogP contribution in [-0.4, -0.2) is 75.0 Å². The van der Waals surface area contributed by atoms with Gasteiger partial charge in [0.25, 0.3) is 0 Å². The molecule has 1 saturated heterocycles. The van der Waals surface area contributed by atoms with Gasteiger partial charge in [-0.1, -0.05) is 156 Å². The predicted molar refractivity (Wildman–Crippen MR) is 209 cm³/mol. The fourth-order valence-electron chi connectivity index (χ4n) is 7.04. The molecule has 8 heteroatoms. The van der Waals surface area contributed by atoms with E-state index in [1.54, 1.807) is 0 Å². The number of hydrogen-bond acceptors (Lipinski definition) is 8. The van der Waals surface area contributed by atoms with Crippen molar-refractivity contribution in [3.63, 3.8) is 0 Å². The van der Waals surface area contributed by atoms with Crippen LogP contribution in [0.5, 0.6) is 0 Å². The highest BCUT2D eigenvalue weighted by Gasteiger charge is 2.45. The Hall–Kier alpha value is -1.67. The van der Waals surface area contributed by atoms with E-state index in [1.807, 2.05) is 19.0 Å². The normalized spacial score (nSPS) is 18.5. The van der Waals surface area contributed by atoms with Crippen molar-refractivity contribution < 1.29 is 33.3 Å². The number of esters is 3. The van der Waals surface area contributed by atoms with Gasteiger partial charge in [-0.2, -0.15) is 0 Å². The fraction of sp³-hybridized carbons (Fsp3) is 0.930. The van der Waals surface area contributed by atoms with E-state index < -0.39 is 18.3 Å². The van der Waals surface area contributed by atoms with Crippen molar-refractivity contribution in [1.82, 2.24) is 4.90 Å². The third-order valence-corrected chi connectivity index (χ3v) is 10.4. The third kappa shape index (κ3) is 23.6. The Kier molecular flexibility index (Phi) is 29.5. The smallest absolute Gasteiger partial charge is 0.309 e. The van der Waals surface area contributed by atoms with E-state index >= 15 is 0 Å². The number of ether oxygens (including phenoxy) is 4. The zero-order valence-corrected chi connectivity index (χ0v) is 34.2. The van der Waals surface area contributed by atoms with Gasteiger partial charge >= 0.3 is 17.9 Å². The van der Waals surface area contributed by atoms with Crippen LogP contribution in [0.1, 0.15) is 195 Å². The molecule has 1 fully saturated rings. The summed E-state index contributed by atoms with van der Waals surface area (Å²) >= 11 is 0. The Labute approximate surface area is 314 Å². The number of unbranched alkanes of at least 4 members (excludes halogenated alkanes) is 16. The molecule has 2 unspecified atom stereocenters. The van der Waals surface area contributed by atoms with Crippen LogP contribution in [0.15, 0.2) is 0 Å². The molecule has 0 bridgehead atoms. The second-order valence-electron chi connectivity index (χ2n) is 15.5. The summed E-state index contributed by atoms with van der Waals surface area (Å²) < 4.78 is 24.2. The summed E-state index contributed by atoms with van der Waals surface area (Å²) in [6, 6.07) is 0. The number of carbonyl (C=O) groups is 3. The van der Waals surface area contributed by atoms with E-state index in [1.165, 1.54) is 57.8 Å². The molecule has 0 radical (unpaired) electrons. The lowest BCUT2D eigenvalue weighted by atomic mass is 9.94. The Morgan fingerprint density at radius 3 is 1.45 bits per heavy atom. The Morgan fingerprint density at radius 2 is 1.00 bits per heavy atom. The summed E-state index contributed by atoms with van der Waals surface area (Å²) in [5, 5.41) is 0. The molecule has 5 atom stereocenters. The average Bonchev–Trinajstić information content (AvgIpc) is 3.48. The maximum Gasteiger partial charge on any atom is 0.309 e. The summed E-state index contributed by atoms with van der Waals surface area (Å²) in [5.41, 5.74) is 0. The van der Waals surface area contributed by atoms with Gasteiger partial charge in [-0.15, -0.1) is 0 Å². The van der Waals surface area contributed by atoms with Gasteiger partial charge in [0.2, 0.25) is 0 Å². The van der Waals surface area contributed by atoms with Crippen molar-refractivity contribution in [1.29, 1.82) is 0 Å². The number of rotatable bonds is 34. The van der Waals surface area contributed by atoms with E-state index in [9.17, 15) is 14.4 Å². The molecule has 0 spiro atoms. The molecule has 0 aromatic heterocycles. The van der Waals surface area contributed by atoms with Crippen LogP contribution in [0, 0.1) is 11.8 Å². The molecule has 0 aromatic rings. The Bertz CT molecular complexity index is 865. The lowest BCUT2D eigenvalue weighted by Crippen LogP contribution is -2.42. The number of hydrogen-bond donors (Lipinski definition) is 0. The Morgan fingerprint density at radius 1 is 0.588 bits per heavy atom. The molecule has 1 aliphatic heterocycles. The van der Waals surface area contributed by atoms with Crippen molar-refractivity contribution >= 4 is 17.9 Å². The topological polar surface area (TPSA) is 91.4 Å². The van der Waals surface area contributed by atoms with Crippen molar-refractivity contribution in [2.75, 3.05) is 33.9 Å². The highest BCUT2D eigenvalue weighted by molar-refractivity contribution is 5.74. The van der Waals surface area contributed by atoms with Crippen molar-refractivity contribution in [2.24, 2.45) is 11.8 Å². The van der Waals surface area contributed by atoms with Gasteiger partial charge in [-0.3, -0.25) is 14.4 Å². The standard InChI is InChI=1S/C43H81NO7/c1-7-11-15-19-21-25-30-36(28-23-17-13-9-3)42(46)50-39-35-48-38(34-49-40(45)32-27-33-44(5)6)41(39)51-43(47)37(29-24-18-14-10-4)31-26-22-20-16-12-8-2/h36-39,41H,7-35H2,1-6H3/t36?,37?,38-,39+,41+/m0/s1. The second kappa shape index (κ2) is 31.8. The molecule has 51 heavy (non-hydrogen) atoms. The van der Waals surface area contributed by atoms with Crippen molar-refractivity contribution in [3.8, 4) is 0 Å². The van der Waals surface area contributed by atoms with Crippen molar-refractivity contribution in [3.05, 3.63) is 0 Å². The summed E-state index contributed by atoms with van der Waals surface area (Å²) in [6.07, 6.45) is 25.0. The first kappa shape index (κ1) is 47.4. The van der Waals surface area contributed by atoms with Crippen LogP contribution < -0.4 is 0 Å². The van der Waals surface area contributed by atoms with Crippen LogP contribution in [0.2, 0.25) is 0 Å². The van der Waals surface area contributed by atoms with Crippen LogP contribution in [0.4, 0.5) is 0 Å². The van der Waals surface area contributed by atoms with Gasteiger partial charge in [-0.05, 0) is 52.7 Å². The second-order valence-corrected chi connectivity index (χ2v) is 15.5. The number of nitrogens with zero attached hydrogens (tertiary/aromatic N) is 1. The first-order chi connectivity index (χ1) is 24.8. The zero-order chi connectivity index (χ0) is 37.5. The van der Waals surface area contributed by atoms with E-state index in [0.29, 0.717) is 12.8 Å². The SMILES string of the molecule is CCCCCCCCC(CCCCCC)C(=O)O[C@@H]1[C@H](COC(=O)CCCN(C)C)OC[C@H]1OC(=O)C(CCCCCC)CCCCCCCC. The van der Waals surface area contributed by atoms with Crippen LogP contribution in [-0.2, 0) is 33.3 Å². The zero-order valence-electron chi connectivity index (χ0n) is 34.2. The van der Waals surface area contributed by atoms with Gasteiger partial charge in [-0.25, -0.2) is 0 Å². The van der Waals surface area contributed by atoms with E-state index in [2.05, 4.69) is 27.7 Å². The first-order valence-corrected chi connectivity index (χ1v) is 21.6. The van der Waals surface area contributed by atoms with Crippen LogP contribution in [0.3, 0.4) is 0 Å². The minimum Gasteiger partial charge on any atom is -0.463 e. The maximum absolute atomic E-state index is 13.9. The van der Waals surface area contributed by atoms with E-state index in [4.69, 9.17) is 18.9 Å². The lowest BCUT2D eigenvalue weighted by Gasteiger charge is -2.27. The summed E-state index contributed by atoms with van der Waals surface area (Å²) in [7, 11) is 3.95. The Balaban J connectivity index is 3.05. The molecular weight excluding hydrogens is 642 g/mol. The quantitative estimate of drug-likeness (QED) is 0.0368. The molecule has 8 nitrogen and oxygen atoms in total. The molecule has 0 amide bonds. The van der Waals surface area contributed by atoms with Gasteiger partial charge < -0.3 is 23.8 Å². The molecule has 300 valence electrons. The van der Waals surface area contributed by atoms with Gasteiger partial charge in [0.1, 0.15) is 12.7 Å². The van der Waals surface area contributed by atoms with Crippen molar-refractivity contribution in [2.45, 2.75) is 213 Å². The third-order valence-electron chi connectivity index (χ3n) is 10.4. The van der Waals surface area contributed by atoms with Gasteiger partial charge in [0.05, 0.1) is 18.4 Å². The molecule has 1 rings (SSSR count). The van der Waals surface area contributed by atoms with Crippen LogP contribution >= 0.6 is 0 Å². The minimum absolute atomic E-state index is 0.0242. The molecule has 0 saturated carbocycles. The van der Waals surface area contributed by atoms with Crippen LogP contribution in [0.25, 0.3) is 0 Å². The number of carbonyl (C=O) groups excluding carboxylic acids is 3. The molecule has 0 N–H and O–H groups in total.